The second-order valence-electron chi connectivity index (χ2n) is 7.70. The molecule has 2 fully saturated rings. The van der Waals surface area contributed by atoms with Crippen LogP contribution in [0.1, 0.15) is 0 Å². The lowest BCUT2D eigenvalue weighted by Crippen LogP contribution is -2.70. The fraction of sp³-hybridized carbons (Fsp3) is 0.941. The quantitative estimate of drug-likeness (QED) is 0.161. The van der Waals surface area contributed by atoms with E-state index in [-0.39, 0.29) is 25.6 Å². The topological polar surface area (TPSA) is 146 Å². The van der Waals surface area contributed by atoms with Gasteiger partial charge in [0.2, 0.25) is 0 Å². The molecule has 2 aliphatic rings. The van der Waals surface area contributed by atoms with E-state index < -0.39 is 19.0 Å². The fourth-order valence-electron chi connectivity index (χ4n) is 3.63. The fourth-order valence-corrected chi connectivity index (χ4v) is 3.63. The summed E-state index contributed by atoms with van der Waals surface area (Å²) in [6.45, 7) is 4.64. The molecule has 12 nitrogen and oxygen atoms in total. The Morgan fingerprint density at radius 1 is 0.966 bits per heavy atom. The molecule has 5 N–H and O–H groups in total. The number of carbonyl (C=O) groups is 1. The lowest BCUT2D eigenvalue weighted by Gasteiger charge is -2.49. The van der Waals surface area contributed by atoms with E-state index in [9.17, 15) is 30.3 Å². The van der Waals surface area contributed by atoms with Crippen LogP contribution in [0.15, 0.2) is 0 Å². The Bertz CT molecular complexity index is 512. The van der Waals surface area contributed by atoms with Crippen molar-refractivity contribution in [3.05, 3.63) is 0 Å². The Morgan fingerprint density at radius 2 is 1.45 bits per heavy atom. The molecule has 0 saturated carbocycles. The third-order valence-electron chi connectivity index (χ3n) is 5.56. The van der Waals surface area contributed by atoms with Crippen LogP contribution in [0.5, 0.6) is 0 Å². The van der Waals surface area contributed by atoms with Crippen LogP contribution in [0.2, 0.25) is 0 Å². The van der Waals surface area contributed by atoms with Crippen LogP contribution in [0, 0.1) is 0 Å². The van der Waals surface area contributed by atoms with Crippen molar-refractivity contribution in [3.8, 4) is 0 Å². The standard InChI is InChI=1S/C17H35N4O8/c1-28-16(26)12-20-5-3-18(10-14(22)23)2-4-19(11-15(24)25)6-8-21(9-7-20)13-29-17(21)27/h14-15,17,22-25,27H,2-13H2,1H3/q+1. The van der Waals surface area contributed by atoms with Crippen molar-refractivity contribution in [1.29, 1.82) is 0 Å². The number of β-amino-alcohol motifs (C(OH)–C–C–N with tert-alkyl or cyclic N) is 4. The third kappa shape index (κ3) is 7.68. The number of nitrogens with zero attached hydrogens (tertiary/aromatic N) is 4. The molecule has 170 valence electrons. The van der Waals surface area contributed by atoms with Gasteiger partial charge in [-0.15, -0.1) is 0 Å². The van der Waals surface area contributed by atoms with Crippen LogP contribution < -0.4 is 0 Å². The van der Waals surface area contributed by atoms with Crippen molar-refractivity contribution in [2.75, 3.05) is 85.8 Å². The lowest BCUT2D eigenvalue weighted by molar-refractivity contribution is -1.07. The average Bonchev–Trinajstić information content (AvgIpc) is 2.65. The van der Waals surface area contributed by atoms with E-state index in [2.05, 4.69) is 0 Å². The van der Waals surface area contributed by atoms with E-state index in [4.69, 9.17) is 9.47 Å². The minimum absolute atomic E-state index is 0.0497. The first-order valence-electron chi connectivity index (χ1n) is 9.85. The number of rotatable bonds is 6. The Hall–Kier alpha value is -0.930. The molecule has 0 amide bonds. The minimum Gasteiger partial charge on any atom is -0.468 e. The summed E-state index contributed by atoms with van der Waals surface area (Å²) < 4.78 is 10.3. The molecular formula is C17H35N4O8+. The summed E-state index contributed by atoms with van der Waals surface area (Å²) in [5.41, 5.74) is 0. The summed E-state index contributed by atoms with van der Waals surface area (Å²) in [5.74, 6) is -0.360. The molecule has 2 atom stereocenters. The van der Waals surface area contributed by atoms with Crippen molar-refractivity contribution in [2.45, 2.75) is 19.0 Å². The first kappa shape index (κ1) is 24.3. The summed E-state index contributed by atoms with van der Waals surface area (Å²) in [5, 5.41) is 47.8. The van der Waals surface area contributed by atoms with Gasteiger partial charge in [0, 0.05) is 52.4 Å². The number of ether oxygens (including phenoxy) is 2. The molecule has 2 heterocycles. The highest BCUT2D eigenvalue weighted by atomic mass is 16.7. The normalized spacial score (nSPS) is 28.9. The van der Waals surface area contributed by atoms with Gasteiger partial charge in [0.15, 0.2) is 19.3 Å². The molecule has 0 aromatic heterocycles. The zero-order valence-corrected chi connectivity index (χ0v) is 17.0. The summed E-state index contributed by atoms with van der Waals surface area (Å²) in [6, 6.07) is 0. The van der Waals surface area contributed by atoms with Gasteiger partial charge in [-0.25, -0.2) is 4.48 Å². The van der Waals surface area contributed by atoms with Crippen LogP contribution in [0.4, 0.5) is 0 Å². The van der Waals surface area contributed by atoms with Gasteiger partial charge in [-0.3, -0.25) is 24.2 Å². The molecule has 2 aliphatic heterocycles. The highest BCUT2D eigenvalue weighted by Gasteiger charge is 2.46. The SMILES string of the molecule is COC(=O)CN1CCN(CC(O)O)CCN(CC(O)O)CC[N+]2(CC1)COC2O. The second-order valence-corrected chi connectivity index (χ2v) is 7.70. The number of carbonyl (C=O) groups excluding carboxylic acids is 1. The molecule has 0 aromatic rings. The maximum atomic E-state index is 11.8. The van der Waals surface area contributed by atoms with Crippen molar-refractivity contribution in [1.82, 2.24) is 14.7 Å². The van der Waals surface area contributed by atoms with Gasteiger partial charge >= 0.3 is 12.4 Å². The van der Waals surface area contributed by atoms with Crippen LogP contribution in [0.25, 0.3) is 0 Å². The van der Waals surface area contributed by atoms with Crippen LogP contribution >= 0.6 is 0 Å². The molecule has 2 rings (SSSR count). The van der Waals surface area contributed by atoms with Gasteiger partial charge < -0.3 is 30.3 Å². The van der Waals surface area contributed by atoms with E-state index in [0.717, 1.165) is 0 Å². The number of quaternary nitrogens is 1. The van der Waals surface area contributed by atoms with Crippen molar-refractivity contribution in [3.63, 3.8) is 0 Å². The lowest BCUT2D eigenvalue weighted by atomic mass is 10.2. The van der Waals surface area contributed by atoms with Gasteiger partial charge in [0.25, 0.3) is 0 Å². The number of hydrogen-bond donors (Lipinski definition) is 5. The zero-order chi connectivity index (χ0) is 21.4. The monoisotopic (exact) mass is 423 g/mol. The largest absolute Gasteiger partial charge is 0.468 e. The maximum Gasteiger partial charge on any atom is 0.319 e. The number of aliphatic hydroxyl groups is 5. The van der Waals surface area contributed by atoms with Crippen molar-refractivity contribution >= 4 is 5.97 Å². The molecule has 0 aromatic carbocycles. The third-order valence-corrected chi connectivity index (χ3v) is 5.56. The Kier molecular flexibility index (Phi) is 9.62. The molecule has 0 aliphatic carbocycles. The smallest absolute Gasteiger partial charge is 0.319 e. The summed E-state index contributed by atoms with van der Waals surface area (Å²) in [6.07, 6.45) is -3.92. The molecule has 0 radical (unpaired) electrons. The van der Waals surface area contributed by atoms with E-state index in [0.29, 0.717) is 63.6 Å². The van der Waals surface area contributed by atoms with Gasteiger partial charge in [0.1, 0.15) is 0 Å². The first-order chi connectivity index (χ1) is 13.7. The molecule has 2 unspecified atom stereocenters. The summed E-state index contributed by atoms with van der Waals surface area (Å²) in [4.78, 5) is 17.4. The number of methoxy groups -OCH3 is 1. The predicted octanol–water partition coefficient (Wildman–Crippen LogP) is -4.22. The van der Waals surface area contributed by atoms with Gasteiger partial charge in [-0.2, -0.15) is 0 Å². The number of esters is 1. The second kappa shape index (κ2) is 11.5. The van der Waals surface area contributed by atoms with Crippen LogP contribution in [-0.4, -0.2) is 156 Å². The molecule has 12 heteroatoms. The highest BCUT2D eigenvalue weighted by Crippen LogP contribution is 2.24. The summed E-state index contributed by atoms with van der Waals surface area (Å²) >= 11 is 0. The highest BCUT2D eigenvalue weighted by molar-refractivity contribution is 5.71. The zero-order valence-electron chi connectivity index (χ0n) is 17.0. The summed E-state index contributed by atoms with van der Waals surface area (Å²) in [7, 11) is 1.33. The molecular weight excluding hydrogens is 388 g/mol. The molecule has 2 saturated heterocycles. The average molecular weight is 423 g/mol. The van der Waals surface area contributed by atoms with Crippen LogP contribution in [0.3, 0.4) is 0 Å². The molecule has 0 bridgehead atoms. The Labute approximate surface area is 170 Å². The van der Waals surface area contributed by atoms with Gasteiger partial charge in [0.05, 0.1) is 26.7 Å². The predicted molar refractivity (Wildman–Crippen MR) is 99.7 cm³/mol. The minimum atomic E-state index is -1.49. The van der Waals surface area contributed by atoms with Crippen molar-refractivity contribution in [2.24, 2.45) is 0 Å². The Balaban J connectivity index is 2.12. The van der Waals surface area contributed by atoms with Crippen molar-refractivity contribution < 1.29 is 44.3 Å². The van der Waals surface area contributed by atoms with E-state index in [1.807, 2.05) is 14.7 Å². The van der Waals surface area contributed by atoms with E-state index in [1.54, 1.807) is 0 Å². The van der Waals surface area contributed by atoms with Crippen LogP contribution in [-0.2, 0) is 14.3 Å². The van der Waals surface area contributed by atoms with E-state index >= 15 is 0 Å². The molecule has 1 spiro atoms. The van der Waals surface area contributed by atoms with E-state index in [1.165, 1.54) is 7.11 Å². The molecule has 29 heavy (non-hydrogen) atoms. The Morgan fingerprint density at radius 3 is 1.86 bits per heavy atom. The first-order valence-corrected chi connectivity index (χ1v) is 9.85. The number of hydrogen-bond acceptors (Lipinski definition) is 11. The maximum absolute atomic E-state index is 11.8. The van der Waals surface area contributed by atoms with Gasteiger partial charge in [-0.1, -0.05) is 0 Å². The number of aliphatic hydroxyl groups excluding tert-OH is 3. The van der Waals surface area contributed by atoms with Gasteiger partial charge in [-0.05, 0) is 0 Å².